The van der Waals surface area contributed by atoms with Crippen molar-refractivity contribution in [1.82, 2.24) is 5.32 Å². The van der Waals surface area contributed by atoms with Gasteiger partial charge in [-0.15, -0.1) is 12.4 Å². The van der Waals surface area contributed by atoms with E-state index in [2.05, 4.69) is 19.2 Å². The van der Waals surface area contributed by atoms with Gasteiger partial charge < -0.3 is 10.1 Å². The van der Waals surface area contributed by atoms with Crippen LogP contribution < -0.4 is 5.32 Å². The second-order valence-electron chi connectivity index (χ2n) is 2.47. The molecule has 56 valence electrons. The molecule has 1 N–H and O–H groups in total. The van der Waals surface area contributed by atoms with Crippen molar-refractivity contribution in [3.8, 4) is 0 Å². The standard InChI is InChI=1S/C6H13NO.ClH/c1-5(2)8-6-3-7-4-6;/h5-7H,3-4H2,1-2H3;1H. The van der Waals surface area contributed by atoms with Gasteiger partial charge in [-0.2, -0.15) is 0 Å². The minimum absolute atomic E-state index is 0. The van der Waals surface area contributed by atoms with Gasteiger partial charge in [0.2, 0.25) is 0 Å². The van der Waals surface area contributed by atoms with E-state index in [9.17, 15) is 0 Å². The lowest BCUT2D eigenvalue weighted by Crippen LogP contribution is -2.49. The molecule has 0 aromatic carbocycles. The Morgan fingerprint density at radius 3 is 2.11 bits per heavy atom. The molecule has 0 aromatic rings. The molecule has 0 aromatic heterocycles. The van der Waals surface area contributed by atoms with Gasteiger partial charge in [0.25, 0.3) is 0 Å². The normalized spacial score (nSPS) is 19.0. The highest BCUT2D eigenvalue weighted by Gasteiger charge is 2.17. The van der Waals surface area contributed by atoms with Gasteiger partial charge in [0.05, 0.1) is 12.2 Å². The van der Waals surface area contributed by atoms with Crippen LogP contribution in [0.25, 0.3) is 0 Å². The lowest BCUT2D eigenvalue weighted by atomic mass is 10.2. The van der Waals surface area contributed by atoms with Gasteiger partial charge in [-0.1, -0.05) is 0 Å². The fourth-order valence-electron chi connectivity index (χ4n) is 0.743. The zero-order chi connectivity index (χ0) is 5.98. The van der Waals surface area contributed by atoms with E-state index in [1.807, 2.05) is 0 Å². The van der Waals surface area contributed by atoms with Crippen LogP contribution in [0.5, 0.6) is 0 Å². The summed E-state index contributed by atoms with van der Waals surface area (Å²) in [4.78, 5) is 0. The lowest BCUT2D eigenvalue weighted by molar-refractivity contribution is -0.0200. The van der Waals surface area contributed by atoms with Crippen LogP contribution in [0, 0.1) is 0 Å². The highest BCUT2D eigenvalue weighted by atomic mass is 35.5. The summed E-state index contributed by atoms with van der Waals surface area (Å²) in [5.41, 5.74) is 0. The topological polar surface area (TPSA) is 21.3 Å². The van der Waals surface area contributed by atoms with Crippen molar-refractivity contribution in [2.45, 2.75) is 26.1 Å². The summed E-state index contributed by atoms with van der Waals surface area (Å²) in [7, 11) is 0. The zero-order valence-corrected chi connectivity index (χ0v) is 6.70. The third-order valence-corrected chi connectivity index (χ3v) is 1.21. The van der Waals surface area contributed by atoms with E-state index < -0.39 is 0 Å². The molecule has 1 rings (SSSR count). The summed E-state index contributed by atoms with van der Waals surface area (Å²) < 4.78 is 5.42. The molecule has 1 aliphatic rings. The van der Waals surface area contributed by atoms with Crippen molar-refractivity contribution < 1.29 is 4.74 Å². The number of halogens is 1. The van der Waals surface area contributed by atoms with Gasteiger partial charge in [0.1, 0.15) is 0 Å². The monoisotopic (exact) mass is 151 g/mol. The smallest absolute Gasteiger partial charge is 0.0827 e. The number of hydrogen-bond donors (Lipinski definition) is 1. The summed E-state index contributed by atoms with van der Waals surface area (Å²) in [6, 6.07) is 0. The Bertz CT molecular complexity index is 73.5. The highest BCUT2D eigenvalue weighted by Crippen LogP contribution is 2.01. The van der Waals surface area contributed by atoms with E-state index in [0.29, 0.717) is 12.2 Å². The van der Waals surface area contributed by atoms with Crippen molar-refractivity contribution in [3.05, 3.63) is 0 Å². The molecule has 2 nitrogen and oxygen atoms in total. The molecule has 0 unspecified atom stereocenters. The Kier molecular flexibility index (Phi) is 4.19. The van der Waals surface area contributed by atoms with Crippen LogP contribution in [-0.2, 0) is 4.74 Å². The molecule has 3 heteroatoms. The Hall–Kier alpha value is 0.210. The molecule has 0 radical (unpaired) electrons. The zero-order valence-electron chi connectivity index (χ0n) is 5.89. The molecule has 0 atom stereocenters. The molecular weight excluding hydrogens is 138 g/mol. The Morgan fingerprint density at radius 1 is 1.44 bits per heavy atom. The third-order valence-electron chi connectivity index (χ3n) is 1.21. The first-order valence-electron chi connectivity index (χ1n) is 3.15. The molecule has 1 fully saturated rings. The Morgan fingerprint density at radius 2 is 2.00 bits per heavy atom. The molecule has 9 heavy (non-hydrogen) atoms. The lowest BCUT2D eigenvalue weighted by Gasteiger charge is -2.28. The van der Waals surface area contributed by atoms with Crippen LogP contribution >= 0.6 is 12.4 Å². The summed E-state index contributed by atoms with van der Waals surface area (Å²) in [5.74, 6) is 0. The van der Waals surface area contributed by atoms with Gasteiger partial charge in [-0.3, -0.25) is 0 Å². The van der Waals surface area contributed by atoms with E-state index in [0.717, 1.165) is 13.1 Å². The summed E-state index contributed by atoms with van der Waals surface area (Å²) in [6.07, 6.45) is 0.886. The molecule has 0 saturated carbocycles. The van der Waals surface area contributed by atoms with Crippen molar-refractivity contribution >= 4 is 12.4 Å². The predicted octanol–water partition coefficient (Wildman–Crippen LogP) is 0.805. The second-order valence-corrected chi connectivity index (χ2v) is 2.47. The van der Waals surface area contributed by atoms with Crippen LogP contribution in [0.3, 0.4) is 0 Å². The van der Waals surface area contributed by atoms with Crippen LogP contribution in [0.1, 0.15) is 13.8 Å². The number of ether oxygens (including phenoxy) is 1. The van der Waals surface area contributed by atoms with Crippen LogP contribution in [0.2, 0.25) is 0 Å². The first-order chi connectivity index (χ1) is 3.79. The van der Waals surface area contributed by atoms with E-state index in [1.54, 1.807) is 0 Å². The van der Waals surface area contributed by atoms with Crippen molar-refractivity contribution in [3.63, 3.8) is 0 Å². The fourth-order valence-corrected chi connectivity index (χ4v) is 0.743. The van der Waals surface area contributed by atoms with Crippen LogP contribution in [0.4, 0.5) is 0 Å². The first kappa shape index (κ1) is 9.21. The van der Waals surface area contributed by atoms with Crippen molar-refractivity contribution in [2.75, 3.05) is 13.1 Å². The molecule has 1 saturated heterocycles. The van der Waals surface area contributed by atoms with E-state index >= 15 is 0 Å². The van der Waals surface area contributed by atoms with Gasteiger partial charge >= 0.3 is 0 Å². The third kappa shape index (κ3) is 3.04. The van der Waals surface area contributed by atoms with Crippen LogP contribution in [0.15, 0.2) is 0 Å². The predicted molar refractivity (Wildman–Crippen MR) is 40.1 cm³/mol. The number of nitrogens with one attached hydrogen (secondary N) is 1. The van der Waals surface area contributed by atoms with Gasteiger partial charge in [-0.05, 0) is 13.8 Å². The summed E-state index contributed by atoms with van der Waals surface area (Å²) in [5, 5.41) is 3.14. The Labute approximate surface area is 62.4 Å². The van der Waals surface area contributed by atoms with E-state index in [1.165, 1.54) is 0 Å². The van der Waals surface area contributed by atoms with E-state index in [4.69, 9.17) is 4.74 Å². The minimum Gasteiger partial charge on any atom is -0.373 e. The molecule has 0 amide bonds. The number of rotatable bonds is 2. The molecule has 0 spiro atoms. The average Bonchev–Trinajstić information content (AvgIpc) is 1.55. The maximum atomic E-state index is 5.42. The number of hydrogen-bond acceptors (Lipinski definition) is 2. The maximum Gasteiger partial charge on any atom is 0.0827 e. The van der Waals surface area contributed by atoms with Crippen molar-refractivity contribution in [1.29, 1.82) is 0 Å². The molecule has 1 heterocycles. The average molecular weight is 152 g/mol. The minimum atomic E-state index is 0. The maximum absolute atomic E-state index is 5.42. The van der Waals surface area contributed by atoms with E-state index in [-0.39, 0.29) is 12.4 Å². The second kappa shape index (κ2) is 4.09. The highest BCUT2D eigenvalue weighted by molar-refractivity contribution is 5.85. The van der Waals surface area contributed by atoms with Gasteiger partial charge in [0, 0.05) is 13.1 Å². The molecule has 0 bridgehead atoms. The summed E-state index contributed by atoms with van der Waals surface area (Å²) in [6.45, 7) is 6.22. The molecular formula is C6H14ClNO. The molecule has 1 aliphatic heterocycles. The fraction of sp³-hybridized carbons (Fsp3) is 1.00. The van der Waals surface area contributed by atoms with Gasteiger partial charge in [0.15, 0.2) is 0 Å². The SMILES string of the molecule is CC(C)OC1CNC1.Cl. The quantitative estimate of drug-likeness (QED) is 0.631. The van der Waals surface area contributed by atoms with Gasteiger partial charge in [-0.25, -0.2) is 0 Å². The summed E-state index contributed by atoms with van der Waals surface area (Å²) >= 11 is 0. The van der Waals surface area contributed by atoms with Crippen molar-refractivity contribution in [2.24, 2.45) is 0 Å². The van der Waals surface area contributed by atoms with Crippen LogP contribution in [-0.4, -0.2) is 25.3 Å². The molecule has 0 aliphatic carbocycles. The largest absolute Gasteiger partial charge is 0.373 e. The Balaban J connectivity index is 0.000000640. The first-order valence-corrected chi connectivity index (χ1v) is 3.15.